The zero-order chi connectivity index (χ0) is 31.3. The molecular formula is C33H32F2N4O4S. The summed E-state index contributed by atoms with van der Waals surface area (Å²) < 4.78 is 50.0. The molecule has 0 spiro atoms. The van der Waals surface area contributed by atoms with Crippen LogP contribution in [0.4, 0.5) is 14.5 Å². The quantitative estimate of drug-likeness (QED) is 0.237. The average molecular weight is 619 g/mol. The lowest BCUT2D eigenvalue weighted by molar-refractivity contribution is 0.0698. The fourth-order valence-electron chi connectivity index (χ4n) is 6.15. The number of hydrogen-bond donors (Lipinski definition) is 1. The lowest BCUT2D eigenvalue weighted by Gasteiger charge is -2.35. The Morgan fingerprint density at radius 2 is 1.80 bits per heavy atom. The monoisotopic (exact) mass is 618 g/mol. The van der Waals surface area contributed by atoms with Crippen molar-refractivity contribution in [2.45, 2.75) is 18.8 Å². The summed E-state index contributed by atoms with van der Waals surface area (Å²) in [5.41, 5.74) is 4.01. The van der Waals surface area contributed by atoms with Crippen molar-refractivity contribution in [3.05, 3.63) is 89.1 Å². The number of nitrogens with one attached hydrogen (secondary N) is 1. The number of fused-ring (bicyclic) bond motifs is 2. The molecule has 0 aliphatic carbocycles. The molecule has 8 nitrogen and oxygen atoms in total. The van der Waals surface area contributed by atoms with Crippen LogP contribution in [0, 0.1) is 11.6 Å². The molecule has 3 heterocycles. The van der Waals surface area contributed by atoms with Crippen molar-refractivity contribution in [3.63, 3.8) is 0 Å². The van der Waals surface area contributed by atoms with E-state index in [0.717, 1.165) is 23.9 Å². The summed E-state index contributed by atoms with van der Waals surface area (Å²) in [6.45, 7) is 0.956. The molecule has 11 heteroatoms. The van der Waals surface area contributed by atoms with Gasteiger partial charge in [-0.1, -0.05) is 0 Å². The Balaban J connectivity index is 1.44. The van der Waals surface area contributed by atoms with E-state index in [0.29, 0.717) is 57.7 Å². The first kappa shape index (κ1) is 29.7. The second-order valence-electron chi connectivity index (χ2n) is 11.1. The van der Waals surface area contributed by atoms with Crippen LogP contribution >= 0.6 is 0 Å². The number of aryl methyl sites for hydroxylation is 1. The summed E-state index contributed by atoms with van der Waals surface area (Å²) in [7, 11) is 5.06. The molecule has 2 atom stereocenters. The second-order valence-corrected chi connectivity index (χ2v) is 12.5. The van der Waals surface area contributed by atoms with Crippen LogP contribution in [0.2, 0.25) is 0 Å². The number of carbonyl (C=O) groups is 2. The molecule has 2 amide bonds. The van der Waals surface area contributed by atoms with Crippen LogP contribution in [-0.2, 0) is 18.4 Å². The van der Waals surface area contributed by atoms with Crippen LogP contribution in [0.25, 0.3) is 33.2 Å². The molecule has 0 radical (unpaired) electrons. The van der Waals surface area contributed by atoms with Crippen LogP contribution in [0.15, 0.2) is 65.1 Å². The van der Waals surface area contributed by atoms with Crippen molar-refractivity contribution in [1.82, 2.24) is 14.8 Å². The summed E-state index contributed by atoms with van der Waals surface area (Å²) in [5.74, 6) is -1.12. The maximum absolute atomic E-state index is 13.9. The molecule has 1 aliphatic rings. The van der Waals surface area contributed by atoms with E-state index in [1.54, 1.807) is 64.5 Å². The van der Waals surface area contributed by atoms with Gasteiger partial charge in [-0.15, -0.1) is 0 Å². The average Bonchev–Trinajstić information content (AvgIpc) is 3.56. The van der Waals surface area contributed by atoms with Crippen molar-refractivity contribution < 1.29 is 27.3 Å². The topological polar surface area (TPSA) is 93.8 Å². The van der Waals surface area contributed by atoms with Gasteiger partial charge in [0.15, 0.2) is 0 Å². The highest BCUT2D eigenvalue weighted by atomic mass is 32.2. The van der Waals surface area contributed by atoms with Crippen LogP contribution in [-0.4, -0.2) is 59.3 Å². The number of carbonyl (C=O) groups excluding carboxylic acids is 2. The first-order valence-electron chi connectivity index (χ1n) is 14.3. The molecule has 6 rings (SSSR count). The number of aromatic nitrogens is 1. The van der Waals surface area contributed by atoms with Gasteiger partial charge in [0, 0.05) is 61.0 Å². The van der Waals surface area contributed by atoms with E-state index >= 15 is 0 Å². The van der Waals surface area contributed by atoms with Crippen molar-refractivity contribution in [2.75, 3.05) is 37.7 Å². The normalized spacial score (nSPS) is 16.0. The third kappa shape index (κ3) is 5.20. The van der Waals surface area contributed by atoms with Gasteiger partial charge < -0.3 is 23.8 Å². The van der Waals surface area contributed by atoms with Gasteiger partial charge in [-0.05, 0) is 73.0 Å². The van der Waals surface area contributed by atoms with E-state index in [1.165, 1.54) is 31.3 Å². The van der Waals surface area contributed by atoms with Gasteiger partial charge in [0.25, 0.3) is 11.8 Å². The van der Waals surface area contributed by atoms with E-state index in [-0.39, 0.29) is 23.5 Å². The Morgan fingerprint density at radius 3 is 2.50 bits per heavy atom. The van der Waals surface area contributed by atoms with E-state index in [1.807, 2.05) is 6.07 Å². The Morgan fingerprint density at radius 1 is 1.07 bits per heavy atom. The third-order valence-electron chi connectivity index (χ3n) is 8.49. The Bertz CT molecular complexity index is 1900. The van der Waals surface area contributed by atoms with Gasteiger partial charge in [-0.2, -0.15) is 4.31 Å². The standard InChI is InChI=1S/C33H32F2N4O4S/c1-36-32(40)30-25-16-24(27(38(3)44(4)42)17-29(25)43-31(30)19-7-9-22(34)10-8-19)20-6-5-13-39(18-20)33(41)28-15-21-14-23(35)11-12-26(21)37(28)2/h7-12,14-17,20H,5-6,13,18H2,1-4H3,(H,36,40)/t20-,44-/m0/s1. The van der Waals surface area contributed by atoms with Crippen molar-refractivity contribution in [3.8, 4) is 11.3 Å². The highest BCUT2D eigenvalue weighted by Crippen LogP contribution is 2.42. The molecule has 5 aromatic rings. The molecule has 0 unspecified atom stereocenters. The van der Waals surface area contributed by atoms with E-state index in [4.69, 9.17) is 4.42 Å². The van der Waals surface area contributed by atoms with Crippen LogP contribution in [0.5, 0.6) is 0 Å². The van der Waals surface area contributed by atoms with E-state index in [9.17, 15) is 22.9 Å². The number of benzene rings is 3. The number of hydrogen-bond acceptors (Lipinski definition) is 5. The summed E-state index contributed by atoms with van der Waals surface area (Å²) in [6.07, 6.45) is 3.08. The van der Waals surface area contributed by atoms with Gasteiger partial charge in [-0.25, -0.2) is 8.78 Å². The molecule has 1 N–H and O–H groups in total. The van der Waals surface area contributed by atoms with Crippen molar-refractivity contribution in [1.29, 1.82) is 0 Å². The molecule has 2 aromatic heterocycles. The largest absolute Gasteiger partial charge is 0.593 e. The van der Waals surface area contributed by atoms with Gasteiger partial charge in [0.2, 0.25) is 0 Å². The predicted molar refractivity (Wildman–Crippen MR) is 168 cm³/mol. The smallest absolute Gasteiger partial charge is 0.270 e. The molecule has 1 aliphatic heterocycles. The number of anilines is 1. The van der Waals surface area contributed by atoms with Gasteiger partial charge in [0.1, 0.15) is 34.9 Å². The van der Waals surface area contributed by atoms with Crippen LogP contribution in [0.3, 0.4) is 0 Å². The Labute approximate surface area is 256 Å². The van der Waals surface area contributed by atoms with Gasteiger partial charge >= 0.3 is 0 Å². The van der Waals surface area contributed by atoms with Crippen LogP contribution < -0.4 is 9.62 Å². The number of amides is 2. The summed E-state index contributed by atoms with van der Waals surface area (Å²) in [6, 6.07) is 15.6. The van der Waals surface area contributed by atoms with Crippen molar-refractivity contribution >= 4 is 50.7 Å². The number of likely N-dealkylation sites (tertiary alicyclic amines) is 1. The minimum atomic E-state index is -1.37. The number of furan rings is 1. The Hall–Kier alpha value is -4.35. The molecule has 1 saturated heterocycles. The lowest BCUT2D eigenvalue weighted by Crippen LogP contribution is -2.40. The van der Waals surface area contributed by atoms with Crippen LogP contribution in [0.1, 0.15) is 45.2 Å². The first-order chi connectivity index (χ1) is 21.1. The SMILES string of the molecule is CNC(=O)c1c(-c2ccc(F)cc2)oc2cc(N(C)[S@+](C)[O-])c([C@H]3CCCN(C(=O)c4cc5cc(F)ccc5n4C)C3)cc12. The fraction of sp³-hybridized carbons (Fsp3) is 0.273. The third-order valence-corrected chi connectivity index (χ3v) is 9.46. The van der Waals surface area contributed by atoms with Gasteiger partial charge in [0.05, 0.1) is 29.7 Å². The molecule has 0 saturated carbocycles. The summed E-state index contributed by atoms with van der Waals surface area (Å²) in [4.78, 5) is 28.8. The summed E-state index contributed by atoms with van der Waals surface area (Å²) >= 11 is -1.37. The fourth-order valence-corrected chi connectivity index (χ4v) is 6.58. The molecule has 0 bridgehead atoms. The number of halogens is 2. The number of nitrogens with zero attached hydrogens (tertiary/aromatic N) is 3. The maximum atomic E-state index is 13.9. The molecule has 3 aromatic carbocycles. The Kier molecular flexibility index (Phi) is 7.85. The predicted octanol–water partition coefficient (Wildman–Crippen LogP) is 5.98. The minimum absolute atomic E-state index is 0.132. The first-order valence-corrected chi connectivity index (χ1v) is 15.8. The molecule has 44 heavy (non-hydrogen) atoms. The highest BCUT2D eigenvalue weighted by molar-refractivity contribution is 7.92. The van der Waals surface area contributed by atoms with Gasteiger partial charge in [-0.3, -0.25) is 9.59 Å². The van der Waals surface area contributed by atoms with E-state index in [2.05, 4.69) is 5.32 Å². The van der Waals surface area contributed by atoms with Crippen molar-refractivity contribution in [2.24, 2.45) is 7.05 Å². The minimum Gasteiger partial charge on any atom is -0.593 e. The second kappa shape index (κ2) is 11.6. The molecule has 1 fully saturated rings. The number of rotatable bonds is 6. The highest BCUT2D eigenvalue weighted by Gasteiger charge is 2.32. The maximum Gasteiger partial charge on any atom is 0.270 e. The molecular weight excluding hydrogens is 586 g/mol. The zero-order valence-corrected chi connectivity index (χ0v) is 25.6. The molecule has 228 valence electrons. The zero-order valence-electron chi connectivity index (χ0n) is 24.8. The lowest BCUT2D eigenvalue weighted by atomic mass is 9.88. The van der Waals surface area contributed by atoms with E-state index < -0.39 is 17.2 Å². The summed E-state index contributed by atoms with van der Waals surface area (Å²) in [5, 5.41) is 3.91. The number of piperidine rings is 1.